The van der Waals surface area contributed by atoms with E-state index in [9.17, 15) is 0 Å². The van der Waals surface area contributed by atoms with Gasteiger partial charge in [0.25, 0.3) is 0 Å². The predicted octanol–water partition coefficient (Wildman–Crippen LogP) is 2.64. The average Bonchev–Trinajstić information content (AvgIpc) is 2.88. The number of rotatable bonds is 5. The van der Waals surface area contributed by atoms with Crippen LogP contribution in [-0.2, 0) is 0 Å². The van der Waals surface area contributed by atoms with Crippen molar-refractivity contribution >= 4 is 0 Å². The molecule has 0 spiro atoms. The van der Waals surface area contributed by atoms with E-state index in [4.69, 9.17) is 0 Å². The van der Waals surface area contributed by atoms with Gasteiger partial charge in [-0.15, -0.1) is 0 Å². The minimum Gasteiger partial charge on any atom is -0.310 e. The SMILES string of the molecule is CC(CN1CCCC1)NC(C)C1CCCC1. The molecule has 2 heteroatoms. The quantitative estimate of drug-likeness (QED) is 0.772. The van der Waals surface area contributed by atoms with Crippen molar-refractivity contribution in [1.82, 2.24) is 10.2 Å². The third kappa shape index (κ3) is 3.46. The highest BCUT2D eigenvalue weighted by molar-refractivity contribution is 4.81. The smallest absolute Gasteiger partial charge is 0.0169 e. The fraction of sp³-hybridized carbons (Fsp3) is 1.00. The van der Waals surface area contributed by atoms with Crippen LogP contribution in [-0.4, -0.2) is 36.6 Å². The van der Waals surface area contributed by atoms with E-state index in [1.165, 1.54) is 58.2 Å². The molecular formula is C14H28N2. The Morgan fingerprint density at radius 2 is 1.69 bits per heavy atom. The summed E-state index contributed by atoms with van der Waals surface area (Å²) >= 11 is 0. The van der Waals surface area contributed by atoms with Gasteiger partial charge in [0.15, 0.2) is 0 Å². The molecule has 0 bridgehead atoms. The summed E-state index contributed by atoms with van der Waals surface area (Å²) < 4.78 is 0. The van der Waals surface area contributed by atoms with Gasteiger partial charge in [-0.1, -0.05) is 12.8 Å². The molecule has 0 aromatic rings. The molecule has 2 nitrogen and oxygen atoms in total. The van der Waals surface area contributed by atoms with Crippen LogP contribution in [0.15, 0.2) is 0 Å². The topological polar surface area (TPSA) is 15.3 Å². The third-order valence-corrected chi connectivity index (χ3v) is 4.39. The monoisotopic (exact) mass is 224 g/mol. The summed E-state index contributed by atoms with van der Waals surface area (Å²) in [6.07, 6.45) is 8.62. The van der Waals surface area contributed by atoms with Gasteiger partial charge in [0.05, 0.1) is 0 Å². The first-order valence-electron chi connectivity index (χ1n) is 7.24. The third-order valence-electron chi connectivity index (χ3n) is 4.39. The summed E-state index contributed by atoms with van der Waals surface area (Å²) in [5, 5.41) is 3.81. The molecule has 2 fully saturated rings. The Balaban J connectivity index is 1.66. The standard InChI is InChI=1S/C14H28N2/c1-12(11-16-9-5-6-10-16)15-13(2)14-7-3-4-8-14/h12-15H,3-11H2,1-2H3. The van der Waals surface area contributed by atoms with Crippen molar-refractivity contribution in [1.29, 1.82) is 0 Å². The van der Waals surface area contributed by atoms with Crippen LogP contribution in [0.25, 0.3) is 0 Å². The number of likely N-dealkylation sites (tertiary alicyclic amines) is 1. The van der Waals surface area contributed by atoms with Crippen LogP contribution in [0, 0.1) is 5.92 Å². The predicted molar refractivity (Wildman–Crippen MR) is 69.7 cm³/mol. The van der Waals surface area contributed by atoms with Crippen LogP contribution < -0.4 is 5.32 Å². The van der Waals surface area contributed by atoms with E-state index < -0.39 is 0 Å². The van der Waals surface area contributed by atoms with Crippen LogP contribution in [0.5, 0.6) is 0 Å². The summed E-state index contributed by atoms with van der Waals surface area (Å²) in [6.45, 7) is 8.63. The summed E-state index contributed by atoms with van der Waals surface area (Å²) in [5.74, 6) is 0.945. The lowest BCUT2D eigenvalue weighted by Crippen LogP contribution is -2.44. The van der Waals surface area contributed by atoms with Crippen LogP contribution in [0.4, 0.5) is 0 Å². The van der Waals surface area contributed by atoms with Crippen molar-refractivity contribution in [3.05, 3.63) is 0 Å². The van der Waals surface area contributed by atoms with E-state index in [2.05, 4.69) is 24.1 Å². The second-order valence-corrected chi connectivity index (χ2v) is 5.91. The van der Waals surface area contributed by atoms with Gasteiger partial charge in [-0.25, -0.2) is 0 Å². The normalized spacial score (nSPS) is 27.4. The lowest BCUT2D eigenvalue weighted by Gasteiger charge is -2.27. The first-order chi connectivity index (χ1) is 7.75. The summed E-state index contributed by atoms with van der Waals surface area (Å²) in [4.78, 5) is 2.61. The highest BCUT2D eigenvalue weighted by atomic mass is 15.2. The number of hydrogen-bond acceptors (Lipinski definition) is 2. The Hall–Kier alpha value is -0.0800. The van der Waals surface area contributed by atoms with Gasteiger partial charge in [-0.2, -0.15) is 0 Å². The van der Waals surface area contributed by atoms with Gasteiger partial charge in [-0.05, 0) is 58.5 Å². The number of nitrogens with one attached hydrogen (secondary N) is 1. The minimum absolute atomic E-state index is 0.661. The molecule has 2 unspecified atom stereocenters. The molecule has 16 heavy (non-hydrogen) atoms. The van der Waals surface area contributed by atoms with Crippen molar-refractivity contribution in [2.75, 3.05) is 19.6 Å². The fourth-order valence-corrected chi connectivity index (χ4v) is 3.45. The molecule has 0 radical (unpaired) electrons. The molecule has 1 aliphatic heterocycles. The van der Waals surface area contributed by atoms with Gasteiger partial charge in [0.1, 0.15) is 0 Å². The van der Waals surface area contributed by atoms with Gasteiger partial charge in [0, 0.05) is 18.6 Å². The van der Waals surface area contributed by atoms with Crippen molar-refractivity contribution in [3.8, 4) is 0 Å². The van der Waals surface area contributed by atoms with Crippen molar-refractivity contribution in [2.24, 2.45) is 5.92 Å². The van der Waals surface area contributed by atoms with Gasteiger partial charge >= 0.3 is 0 Å². The first kappa shape index (κ1) is 12.4. The van der Waals surface area contributed by atoms with E-state index in [0.717, 1.165) is 12.0 Å². The lowest BCUT2D eigenvalue weighted by molar-refractivity contribution is 0.267. The highest BCUT2D eigenvalue weighted by Gasteiger charge is 2.23. The highest BCUT2D eigenvalue weighted by Crippen LogP contribution is 2.27. The second kappa shape index (κ2) is 6.02. The molecule has 1 aliphatic carbocycles. The molecule has 2 atom stereocenters. The summed E-state index contributed by atoms with van der Waals surface area (Å²) in [7, 11) is 0. The molecule has 1 saturated carbocycles. The van der Waals surface area contributed by atoms with Crippen molar-refractivity contribution in [3.63, 3.8) is 0 Å². The zero-order valence-corrected chi connectivity index (χ0v) is 11.0. The second-order valence-electron chi connectivity index (χ2n) is 5.91. The molecule has 1 N–H and O–H groups in total. The number of nitrogens with zero attached hydrogens (tertiary/aromatic N) is 1. The molecule has 0 amide bonds. The van der Waals surface area contributed by atoms with Crippen molar-refractivity contribution < 1.29 is 0 Å². The maximum atomic E-state index is 3.81. The molecule has 1 saturated heterocycles. The Labute approximate surface area is 101 Å². The van der Waals surface area contributed by atoms with E-state index >= 15 is 0 Å². The van der Waals surface area contributed by atoms with Gasteiger partial charge in [0.2, 0.25) is 0 Å². The largest absolute Gasteiger partial charge is 0.310 e. The summed E-state index contributed by atoms with van der Waals surface area (Å²) in [6, 6.07) is 1.38. The minimum atomic E-state index is 0.661. The van der Waals surface area contributed by atoms with Gasteiger partial charge in [-0.3, -0.25) is 0 Å². The Morgan fingerprint density at radius 1 is 1.06 bits per heavy atom. The molecule has 1 heterocycles. The zero-order chi connectivity index (χ0) is 11.4. The maximum Gasteiger partial charge on any atom is 0.0169 e. The average molecular weight is 224 g/mol. The van der Waals surface area contributed by atoms with Crippen molar-refractivity contribution in [2.45, 2.75) is 64.5 Å². The molecule has 2 rings (SSSR count). The van der Waals surface area contributed by atoms with E-state index in [-0.39, 0.29) is 0 Å². The van der Waals surface area contributed by atoms with Gasteiger partial charge < -0.3 is 10.2 Å². The summed E-state index contributed by atoms with van der Waals surface area (Å²) in [5.41, 5.74) is 0. The van der Waals surface area contributed by atoms with E-state index in [0.29, 0.717) is 6.04 Å². The molecule has 0 aromatic carbocycles. The Bertz CT molecular complexity index is 193. The molecule has 94 valence electrons. The van der Waals surface area contributed by atoms with E-state index in [1.54, 1.807) is 0 Å². The first-order valence-corrected chi connectivity index (χ1v) is 7.24. The zero-order valence-electron chi connectivity index (χ0n) is 11.0. The maximum absolute atomic E-state index is 3.81. The Kier molecular flexibility index (Phi) is 4.66. The molecule has 0 aromatic heterocycles. The van der Waals surface area contributed by atoms with Crippen LogP contribution in [0.1, 0.15) is 52.4 Å². The van der Waals surface area contributed by atoms with E-state index in [1.807, 2.05) is 0 Å². The van der Waals surface area contributed by atoms with Crippen LogP contribution in [0.2, 0.25) is 0 Å². The van der Waals surface area contributed by atoms with Crippen LogP contribution in [0.3, 0.4) is 0 Å². The molecular weight excluding hydrogens is 196 g/mol. The Morgan fingerprint density at radius 3 is 2.31 bits per heavy atom. The fourth-order valence-electron chi connectivity index (χ4n) is 3.45. The number of hydrogen-bond donors (Lipinski definition) is 1. The molecule has 2 aliphatic rings. The lowest BCUT2D eigenvalue weighted by atomic mass is 9.99. The van der Waals surface area contributed by atoms with Crippen LogP contribution >= 0.6 is 0 Å².